The maximum Gasteiger partial charge on any atom is 0.264 e. The highest BCUT2D eigenvalue weighted by Crippen LogP contribution is 2.28. The third kappa shape index (κ3) is 3.12. The van der Waals surface area contributed by atoms with E-state index in [1.807, 2.05) is 36.4 Å². The van der Waals surface area contributed by atoms with Crippen LogP contribution < -0.4 is 10.1 Å². The van der Waals surface area contributed by atoms with Crippen molar-refractivity contribution in [1.29, 1.82) is 0 Å². The van der Waals surface area contributed by atoms with Gasteiger partial charge >= 0.3 is 0 Å². The molecule has 7 heteroatoms. The van der Waals surface area contributed by atoms with Crippen LogP contribution >= 0.6 is 22.9 Å². The number of fused-ring (bicyclic) bond motifs is 1. The van der Waals surface area contributed by atoms with Crippen LogP contribution in [-0.4, -0.2) is 30.4 Å². The molecule has 1 N–H and O–H groups in total. The molecule has 0 spiro atoms. The molecule has 2 aliphatic rings. The number of benzene rings is 1. The Kier molecular flexibility index (Phi) is 4.16. The summed E-state index contributed by atoms with van der Waals surface area (Å²) in [6, 6.07) is 11.6. The second kappa shape index (κ2) is 6.45. The van der Waals surface area contributed by atoms with Crippen LogP contribution in [0.4, 0.5) is 0 Å². The Hall–Kier alpha value is -2.05. The van der Waals surface area contributed by atoms with E-state index in [1.54, 1.807) is 0 Å². The van der Waals surface area contributed by atoms with Crippen molar-refractivity contribution in [1.82, 2.24) is 5.32 Å². The number of carbonyl (C=O) groups excluding carboxylic acids is 1. The number of nitrogens with one attached hydrogen (secondary N) is 1. The van der Waals surface area contributed by atoms with Crippen molar-refractivity contribution in [2.24, 2.45) is 5.16 Å². The van der Waals surface area contributed by atoms with Gasteiger partial charge in [0.25, 0.3) is 5.91 Å². The number of para-hydroxylation sites is 1. The first-order valence-corrected chi connectivity index (χ1v) is 8.89. The molecule has 0 bridgehead atoms. The number of rotatable bonds is 4. The maximum atomic E-state index is 12.3. The van der Waals surface area contributed by atoms with Crippen molar-refractivity contribution in [2.75, 3.05) is 6.54 Å². The molecule has 3 heterocycles. The fourth-order valence-electron chi connectivity index (χ4n) is 2.83. The van der Waals surface area contributed by atoms with Crippen LogP contribution in [0.15, 0.2) is 41.6 Å². The van der Waals surface area contributed by atoms with Gasteiger partial charge in [0.05, 0.1) is 15.8 Å². The molecule has 0 unspecified atom stereocenters. The van der Waals surface area contributed by atoms with Gasteiger partial charge in [0.1, 0.15) is 17.6 Å². The molecule has 0 radical (unpaired) electrons. The Balaban J connectivity index is 1.28. The number of nitrogens with zero attached hydrogens (tertiary/aromatic N) is 1. The summed E-state index contributed by atoms with van der Waals surface area (Å²) in [5.74, 6) is 0.727. The van der Waals surface area contributed by atoms with Gasteiger partial charge in [0.2, 0.25) is 6.10 Å². The number of oxime groups is 1. The number of carbonyl (C=O) groups is 1. The summed E-state index contributed by atoms with van der Waals surface area (Å²) in [6.07, 6.45) is 0.625. The van der Waals surface area contributed by atoms with E-state index in [1.165, 1.54) is 16.9 Å². The van der Waals surface area contributed by atoms with E-state index in [9.17, 15) is 4.79 Å². The zero-order valence-corrected chi connectivity index (χ0v) is 14.3. The van der Waals surface area contributed by atoms with Crippen LogP contribution in [0.5, 0.6) is 5.75 Å². The summed E-state index contributed by atoms with van der Waals surface area (Å²) in [7, 11) is 0. The summed E-state index contributed by atoms with van der Waals surface area (Å²) in [5.41, 5.74) is 1.94. The fraction of sp³-hybridized carbons (Fsp3) is 0.294. The van der Waals surface area contributed by atoms with Crippen LogP contribution in [0.3, 0.4) is 0 Å². The normalized spacial score (nSPS) is 21.6. The number of amides is 1. The van der Waals surface area contributed by atoms with Crippen LogP contribution in [-0.2, 0) is 16.1 Å². The number of thiophene rings is 1. The molecule has 4 rings (SSSR count). The van der Waals surface area contributed by atoms with Gasteiger partial charge in [-0.2, -0.15) is 0 Å². The molecule has 2 aromatic rings. The first-order valence-electron chi connectivity index (χ1n) is 7.70. The van der Waals surface area contributed by atoms with Crippen molar-refractivity contribution >= 4 is 34.6 Å². The number of hydrogen-bond donors (Lipinski definition) is 1. The minimum Gasteiger partial charge on any atom is -0.488 e. The van der Waals surface area contributed by atoms with E-state index < -0.39 is 6.10 Å². The molecular weight excluding hydrogens is 348 g/mol. The molecule has 1 aromatic carbocycles. The van der Waals surface area contributed by atoms with Gasteiger partial charge in [-0.3, -0.25) is 4.79 Å². The summed E-state index contributed by atoms with van der Waals surface area (Å²) in [6.45, 7) is 0.452. The summed E-state index contributed by atoms with van der Waals surface area (Å²) < 4.78 is 6.51. The Labute approximate surface area is 148 Å². The third-order valence-corrected chi connectivity index (χ3v) is 5.32. The van der Waals surface area contributed by atoms with Gasteiger partial charge in [-0.15, -0.1) is 11.3 Å². The Morgan fingerprint density at radius 2 is 2.17 bits per heavy atom. The summed E-state index contributed by atoms with van der Waals surface area (Å²) in [4.78, 5) is 18.5. The first-order chi connectivity index (χ1) is 11.7. The molecule has 0 fully saturated rings. The Morgan fingerprint density at radius 3 is 2.96 bits per heavy atom. The minimum absolute atomic E-state index is 0.0377. The smallest absolute Gasteiger partial charge is 0.264 e. The lowest BCUT2D eigenvalue weighted by molar-refractivity contribution is -0.131. The van der Waals surface area contributed by atoms with Gasteiger partial charge in [-0.25, -0.2) is 0 Å². The molecule has 0 aliphatic carbocycles. The molecule has 2 aliphatic heterocycles. The largest absolute Gasteiger partial charge is 0.488 e. The monoisotopic (exact) mass is 362 g/mol. The highest BCUT2D eigenvalue weighted by molar-refractivity contribution is 7.18. The zero-order chi connectivity index (χ0) is 16.5. The van der Waals surface area contributed by atoms with Crippen LogP contribution in [0.2, 0.25) is 4.34 Å². The van der Waals surface area contributed by atoms with Crippen LogP contribution in [0.1, 0.15) is 16.9 Å². The van der Waals surface area contributed by atoms with E-state index in [0.717, 1.165) is 22.8 Å². The van der Waals surface area contributed by atoms with Gasteiger partial charge in [0.15, 0.2) is 0 Å². The predicted molar refractivity (Wildman–Crippen MR) is 92.9 cm³/mol. The average molecular weight is 363 g/mol. The zero-order valence-electron chi connectivity index (χ0n) is 12.7. The molecular formula is C17H15ClN2O3S. The van der Waals surface area contributed by atoms with Crippen molar-refractivity contribution < 1.29 is 14.4 Å². The number of hydrogen-bond acceptors (Lipinski definition) is 5. The van der Waals surface area contributed by atoms with Gasteiger partial charge in [-0.05, 0) is 23.8 Å². The van der Waals surface area contributed by atoms with Gasteiger partial charge in [-0.1, -0.05) is 35.0 Å². The lowest BCUT2D eigenvalue weighted by Crippen LogP contribution is -2.40. The lowest BCUT2D eigenvalue weighted by Gasteiger charge is -2.13. The average Bonchev–Trinajstić information content (AvgIpc) is 3.30. The van der Waals surface area contributed by atoms with E-state index >= 15 is 0 Å². The van der Waals surface area contributed by atoms with Crippen molar-refractivity contribution in [2.45, 2.75) is 25.0 Å². The Bertz CT molecular complexity index is 780. The lowest BCUT2D eigenvalue weighted by atomic mass is 10.1. The van der Waals surface area contributed by atoms with Crippen molar-refractivity contribution in [3.63, 3.8) is 0 Å². The quantitative estimate of drug-likeness (QED) is 0.909. The maximum absolute atomic E-state index is 12.3. The van der Waals surface area contributed by atoms with Crippen LogP contribution in [0.25, 0.3) is 0 Å². The third-order valence-electron chi connectivity index (χ3n) is 4.04. The van der Waals surface area contributed by atoms with E-state index in [4.69, 9.17) is 21.2 Å². The standard InChI is InChI=1S/C17H15ClN2O3S/c18-16-6-5-15(24-16)12-8-14(23-20-12)17(21)19-9-11-7-10-3-1-2-4-13(10)22-11/h1-6,11,14H,7-9H2,(H,19,21)/t11-,14-/m1/s1. The highest BCUT2D eigenvalue weighted by atomic mass is 35.5. The number of halogens is 1. The predicted octanol–water partition coefficient (Wildman–Crippen LogP) is 3.01. The van der Waals surface area contributed by atoms with Crippen molar-refractivity contribution in [3.05, 3.63) is 51.2 Å². The van der Waals surface area contributed by atoms with Crippen LogP contribution in [0, 0.1) is 0 Å². The van der Waals surface area contributed by atoms with E-state index in [2.05, 4.69) is 10.5 Å². The molecule has 24 heavy (non-hydrogen) atoms. The summed E-state index contributed by atoms with van der Waals surface area (Å²) >= 11 is 7.36. The van der Waals surface area contributed by atoms with Gasteiger partial charge < -0.3 is 14.9 Å². The second-order valence-corrected chi connectivity index (χ2v) is 7.45. The number of ether oxygens (including phenoxy) is 1. The van der Waals surface area contributed by atoms with Gasteiger partial charge in [0, 0.05) is 12.8 Å². The first kappa shape index (κ1) is 15.5. The second-order valence-electron chi connectivity index (χ2n) is 5.74. The van der Waals surface area contributed by atoms with E-state index in [0.29, 0.717) is 17.3 Å². The molecule has 2 atom stereocenters. The molecule has 5 nitrogen and oxygen atoms in total. The minimum atomic E-state index is -0.593. The topological polar surface area (TPSA) is 59.9 Å². The van der Waals surface area contributed by atoms with E-state index in [-0.39, 0.29) is 12.0 Å². The summed E-state index contributed by atoms with van der Waals surface area (Å²) in [5, 5.41) is 6.90. The van der Waals surface area contributed by atoms with Crippen molar-refractivity contribution in [3.8, 4) is 5.75 Å². The SMILES string of the molecule is O=C(NC[C@H]1Cc2ccccc2O1)[C@H]1CC(c2ccc(Cl)s2)=NO1. The Morgan fingerprint density at radius 1 is 1.29 bits per heavy atom. The molecule has 0 saturated heterocycles. The molecule has 124 valence electrons. The molecule has 0 saturated carbocycles. The highest BCUT2D eigenvalue weighted by Gasteiger charge is 2.30. The molecule has 1 aromatic heterocycles. The molecule has 1 amide bonds. The fourth-order valence-corrected chi connectivity index (χ4v) is 3.86.